The number of rotatable bonds is 7. The van der Waals surface area contributed by atoms with Crippen molar-refractivity contribution in [2.45, 2.75) is 31.8 Å². The first kappa shape index (κ1) is 15.4. The van der Waals surface area contributed by atoms with Gasteiger partial charge in [-0.05, 0) is 29.7 Å². The molecule has 0 radical (unpaired) electrons. The molecule has 0 spiro atoms. The maximum atomic E-state index is 12.5. The summed E-state index contributed by atoms with van der Waals surface area (Å²) in [4.78, 5) is 17.0. The number of methoxy groups -OCH3 is 1. The van der Waals surface area contributed by atoms with Crippen molar-refractivity contribution in [3.8, 4) is 0 Å². The molecule has 1 amide bonds. The fraction of sp³-hybridized carbons (Fsp3) is 0.857. The molecule has 0 N–H and O–H groups in total. The summed E-state index contributed by atoms with van der Waals surface area (Å²) in [5, 5.41) is 11.2. The molecule has 3 saturated heterocycles. The van der Waals surface area contributed by atoms with Gasteiger partial charge in [0.2, 0.25) is 5.91 Å². The summed E-state index contributed by atoms with van der Waals surface area (Å²) in [5.41, 5.74) is 0. The minimum atomic E-state index is 0.156. The molecule has 0 unspecified atom stereocenters. The standard InChI is InChI=1S/C14H24N6O2/c1-22-8-7-20-13-4-3-12(14(20)21)9-18(10-13)5-2-6-19-11-15-16-17-19/h11-13H,2-10H2,1H3/t12-,13+/m1/s1. The molecule has 1 aromatic rings. The fourth-order valence-corrected chi connectivity index (χ4v) is 3.53. The Bertz CT molecular complexity index is 480. The summed E-state index contributed by atoms with van der Waals surface area (Å²) in [6.45, 7) is 5.00. The van der Waals surface area contributed by atoms with Gasteiger partial charge in [0.25, 0.3) is 0 Å². The number of amides is 1. The molecule has 2 atom stereocenters. The van der Waals surface area contributed by atoms with Gasteiger partial charge in [-0.3, -0.25) is 4.79 Å². The summed E-state index contributed by atoms with van der Waals surface area (Å²) in [6.07, 6.45) is 4.78. The summed E-state index contributed by atoms with van der Waals surface area (Å²) < 4.78 is 6.90. The smallest absolute Gasteiger partial charge is 0.227 e. The highest BCUT2D eigenvalue weighted by Gasteiger charge is 2.39. The second kappa shape index (κ2) is 7.15. The first-order valence-corrected chi connectivity index (χ1v) is 8.00. The van der Waals surface area contributed by atoms with Crippen molar-refractivity contribution in [1.29, 1.82) is 0 Å². The predicted molar refractivity (Wildman–Crippen MR) is 79.0 cm³/mol. The molecule has 3 aliphatic heterocycles. The summed E-state index contributed by atoms with van der Waals surface area (Å²) >= 11 is 0. The van der Waals surface area contributed by atoms with E-state index in [0.29, 0.717) is 18.6 Å². The largest absolute Gasteiger partial charge is 0.383 e. The zero-order chi connectivity index (χ0) is 15.4. The molecule has 22 heavy (non-hydrogen) atoms. The number of aromatic nitrogens is 4. The molecule has 2 bridgehead atoms. The molecule has 1 aromatic heterocycles. The average Bonchev–Trinajstić information content (AvgIpc) is 2.89. The first-order chi connectivity index (χ1) is 10.8. The number of carbonyl (C=O) groups excluding carboxylic acids is 1. The summed E-state index contributed by atoms with van der Waals surface area (Å²) in [7, 11) is 1.69. The first-order valence-electron chi connectivity index (χ1n) is 8.00. The lowest BCUT2D eigenvalue weighted by Crippen LogP contribution is -2.49. The van der Waals surface area contributed by atoms with E-state index in [1.54, 1.807) is 18.1 Å². The van der Waals surface area contributed by atoms with Crippen LogP contribution in [0.25, 0.3) is 0 Å². The van der Waals surface area contributed by atoms with Gasteiger partial charge in [0.05, 0.1) is 12.5 Å². The Kier molecular flexibility index (Phi) is 4.99. The number of carbonyl (C=O) groups is 1. The molecule has 4 rings (SSSR count). The summed E-state index contributed by atoms with van der Waals surface area (Å²) in [6, 6.07) is 0.342. The Morgan fingerprint density at radius 1 is 1.27 bits per heavy atom. The topological polar surface area (TPSA) is 76.4 Å². The Labute approximate surface area is 130 Å². The van der Waals surface area contributed by atoms with Crippen LogP contribution in [0.1, 0.15) is 19.3 Å². The monoisotopic (exact) mass is 308 g/mol. The van der Waals surface area contributed by atoms with E-state index >= 15 is 0 Å². The van der Waals surface area contributed by atoms with E-state index in [4.69, 9.17) is 4.74 Å². The zero-order valence-electron chi connectivity index (χ0n) is 13.1. The third-order valence-electron chi connectivity index (χ3n) is 4.66. The highest BCUT2D eigenvalue weighted by molar-refractivity contribution is 5.80. The van der Waals surface area contributed by atoms with Crippen molar-refractivity contribution < 1.29 is 9.53 Å². The number of fused-ring (bicyclic) bond motifs is 4. The number of tetrazole rings is 1. The van der Waals surface area contributed by atoms with Gasteiger partial charge in [0.1, 0.15) is 6.33 Å². The molecule has 3 fully saturated rings. The van der Waals surface area contributed by atoms with Crippen molar-refractivity contribution in [1.82, 2.24) is 30.0 Å². The Morgan fingerprint density at radius 3 is 2.95 bits per heavy atom. The maximum absolute atomic E-state index is 12.5. The van der Waals surface area contributed by atoms with Crippen molar-refractivity contribution >= 4 is 5.91 Å². The minimum absolute atomic E-state index is 0.156. The molecule has 0 saturated carbocycles. The van der Waals surface area contributed by atoms with Crippen LogP contribution in [-0.4, -0.2) is 81.9 Å². The SMILES string of the molecule is COCCN1C(=O)[C@@H]2CC[C@H]1CN(CCCn1cnnn1)C2. The van der Waals surface area contributed by atoms with Gasteiger partial charge in [0.15, 0.2) is 0 Å². The lowest BCUT2D eigenvalue weighted by Gasteiger charge is -2.35. The van der Waals surface area contributed by atoms with Gasteiger partial charge >= 0.3 is 0 Å². The van der Waals surface area contributed by atoms with E-state index in [-0.39, 0.29) is 5.92 Å². The second-order valence-electron chi connectivity index (χ2n) is 6.14. The predicted octanol–water partition coefficient (Wildman–Crippen LogP) is -0.368. The van der Waals surface area contributed by atoms with E-state index in [1.165, 1.54) is 0 Å². The fourth-order valence-electron chi connectivity index (χ4n) is 3.53. The van der Waals surface area contributed by atoms with Crippen LogP contribution in [0.15, 0.2) is 6.33 Å². The zero-order valence-corrected chi connectivity index (χ0v) is 13.1. The molecule has 122 valence electrons. The van der Waals surface area contributed by atoms with Crippen LogP contribution >= 0.6 is 0 Å². The van der Waals surface area contributed by atoms with Crippen LogP contribution in [0.4, 0.5) is 0 Å². The van der Waals surface area contributed by atoms with Gasteiger partial charge in [-0.2, -0.15) is 0 Å². The van der Waals surface area contributed by atoms with E-state index in [9.17, 15) is 4.79 Å². The number of hydrogen-bond donors (Lipinski definition) is 0. The Hall–Kier alpha value is -1.54. The maximum Gasteiger partial charge on any atom is 0.227 e. The Morgan fingerprint density at radius 2 is 2.18 bits per heavy atom. The van der Waals surface area contributed by atoms with E-state index in [2.05, 4.69) is 20.4 Å². The Balaban J connectivity index is 1.54. The van der Waals surface area contributed by atoms with Gasteiger partial charge in [0, 0.05) is 45.9 Å². The minimum Gasteiger partial charge on any atom is -0.383 e. The molecule has 8 nitrogen and oxygen atoms in total. The second-order valence-corrected chi connectivity index (χ2v) is 6.14. The van der Waals surface area contributed by atoms with Gasteiger partial charge in [-0.25, -0.2) is 4.68 Å². The molecular formula is C14H24N6O2. The van der Waals surface area contributed by atoms with Crippen molar-refractivity contribution in [3.63, 3.8) is 0 Å². The quantitative estimate of drug-likeness (QED) is 0.684. The molecule has 0 aromatic carbocycles. The van der Waals surface area contributed by atoms with Crippen LogP contribution in [0.2, 0.25) is 0 Å². The lowest BCUT2D eigenvalue weighted by molar-refractivity contribution is -0.140. The van der Waals surface area contributed by atoms with Crippen molar-refractivity contribution in [2.24, 2.45) is 5.92 Å². The van der Waals surface area contributed by atoms with Gasteiger partial charge in [-0.15, -0.1) is 5.10 Å². The molecule has 8 heteroatoms. The third-order valence-corrected chi connectivity index (χ3v) is 4.66. The highest BCUT2D eigenvalue weighted by Crippen LogP contribution is 2.28. The number of aryl methyl sites for hydroxylation is 1. The van der Waals surface area contributed by atoms with Crippen molar-refractivity contribution in [2.75, 3.05) is 39.9 Å². The molecule has 0 aliphatic carbocycles. The lowest BCUT2D eigenvalue weighted by atomic mass is 9.94. The van der Waals surface area contributed by atoms with E-state index < -0.39 is 0 Å². The van der Waals surface area contributed by atoms with E-state index in [1.807, 2.05) is 4.90 Å². The number of nitrogens with zero attached hydrogens (tertiary/aromatic N) is 6. The van der Waals surface area contributed by atoms with Crippen LogP contribution in [0, 0.1) is 5.92 Å². The number of ether oxygens (including phenoxy) is 1. The average molecular weight is 308 g/mol. The molecule has 3 aliphatic rings. The molecule has 4 heterocycles. The van der Waals surface area contributed by atoms with Crippen LogP contribution in [-0.2, 0) is 16.1 Å². The summed E-state index contributed by atoms with van der Waals surface area (Å²) in [5.74, 6) is 0.472. The normalized spacial score (nSPS) is 25.7. The molecular weight excluding hydrogens is 284 g/mol. The van der Waals surface area contributed by atoms with Crippen LogP contribution in [0.5, 0.6) is 0 Å². The van der Waals surface area contributed by atoms with Gasteiger partial charge in [-0.1, -0.05) is 0 Å². The number of hydrogen-bond acceptors (Lipinski definition) is 6. The number of piperidine rings is 1. The highest BCUT2D eigenvalue weighted by atomic mass is 16.5. The van der Waals surface area contributed by atoms with Crippen LogP contribution < -0.4 is 0 Å². The van der Waals surface area contributed by atoms with E-state index in [0.717, 1.165) is 52.0 Å². The van der Waals surface area contributed by atoms with Crippen LogP contribution in [0.3, 0.4) is 0 Å². The van der Waals surface area contributed by atoms with Gasteiger partial charge < -0.3 is 14.5 Å². The van der Waals surface area contributed by atoms with Crippen molar-refractivity contribution in [3.05, 3.63) is 6.33 Å². The third kappa shape index (κ3) is 3.44.